The molecule has 110 valence electrons. The molecule has 0 atom stereocenters. The van der Waals surface area contributed by atoms with Gasteiger partial charge in [0.05, 0.1) is 17.7 Å². The normalized spacial score (nSPS) is 12.9. The third-order valence-corrected chi connectivity index (χ3v) is 2.20. The lowest BCUT2D eigenvalue weighted by Crippen LogP contribution is -2.17. The number of aliphatic imine (C=N–C) groups is 1. The van der Waals surface area contributed by atoms with E-state index < -0.39 is 41.4 Å². The van der Waals surface area contributed by atoms with E-state index in [1.165, 1.54) is 0 Å². The van der Waals surface area contributed by atoms with Gasteiger partial charge in [-0.2, -0.15) is 26.3 Å². The molecule has 0 spiro atoms. The molecule has 0 saturated heterocycles. The first-order valence-electron chi connectivity index (χ1n) is 5.13. The van der Waals surface area contributed by atoms with Gasteiger partial charge in [0.15, 0.2) is 0 Å². The highest BCUT2D eigenvalue weighted by Gasteiger charge is 2.39. The number of amidine groups is 1. The topological polar surface area (TPSA) is 62.2 Å². The zero-order valence-corrected chi connectivity index (χ0v) is 9.81. The van der Waals surface area contributed by atoms with Gasteiger partial charge in [0.1, 0.15) is 5.84 Å². The smallest absolute Gasteiger partial charge is 0.386 e. The molecular formula is C11H9F6N3. The molecule has 0 amide bonds. The van der Waals surface area contributed by atoms with Gasteiger partial charge in [0.25, 0.3) is 0 Å². The molecule has 1 aromatic carbocycles. The Balaban J connectivity index is 3.41. The van der Waals surface area contributed by atoms with Crippen LogP contribution in [0.5, 0.6) is 0 Å². The van der Waals surface area contributed by atoms with E-state index in [-0.39, 0.29) is 0 Å². The van der Waals surface area contributed by atoms with Gasteiger partial charge in [0, 0.05) is 11.8 Å². The number of benzene rings is 1. The van der Waals surface area contributed by atoms with Crippen molar-refractivity contribution >= 4 is 12.1 Å². The van der Waals surface area contributed by atoms with E-state index >= 15 is 0 Å². The number of hydrogen-bond donors (Lipinski definition) is 2. The number of nitrogens with one attached hydrogen (secondary N) is 1. The highest BCUT2D eigenvalue weighted by atomic mass is 19.4. The Hall–Kier alpha value is -2.06. The van der Waals surface area contributed by atoms with Crippen LogP contribution in [0.25, 0.3) is 0 Å². The maximum Gasteiger partial charge on any atom is 0.417 e. The van der Waals surface area contributed by atoms with E-state index in [0.29, 0.717) is 24.4 Å². The van der Waals surface area contributed by atoms with E-state index in [4.69, 9.17) is 11.1 Å². The maximum atomic E-state index is 12.7. The highest BCUT2D eigenvalue weighted by Crippen LogP contribution is 2.38. The third kappa shape index (κ3) is 3.97. The summed E-state index contributed by atoms with van der Waals surface area (Å²) in [6, 6.07) is 1.74. The molecule has 3 N–H and O–H groups in total. The molecule has 20 heavy (non-hydrogen) atoms. The number of alkyl halides is 6. The van der Waals surface area contributed by atoms with Crippen LogP contribution in [0.3, 0.4) is 0 Å². The Bertz CT molecular complexity index is 498. The molecule has 0 unspecified atom stereocenters. The summed E-state index contributed by atoms with van der Waals surface area (Å²) in [5.74, 6) is -0.473. The van der Waals surface area contributed by atoms with E-state index in [1.54, 1.807) is 0 Å². The number of rotatable bonds is 3. The number of nitrogens with zero attached hydrogens (tertiary/aromatic N) is 1. The lowest BCUT2D eigenvalue weighted by molar-refractivity contribution is -0.143. The van der Waals surface area contributed by atoms with Crippen LogP contribution in [-0.4, -0.2) is 18.6 Å². The monoisotopic (exact) mass is 297 g/mol. The van der Waals surface area contributed by atoms with Gasteiger partial charge < -0.3 is 5.73 Å². The lowest BCUT2D eigenvalue weighted by atomic mass is 10.0. The Morgan fingerprint density at radius 1 is 1.10 bits per heavy atom. The maximum absolute atomic E-state index is 12.7. The van der Waals surface area contributed by atoms with Gasteiger partial charge in [-0.1, -0.05) is 6.07 Å². The van der Waals surface area contributed by atoms with Crippen LogP contribution >= 0.6 is 0 Å². The molecular weight excluding hydrogens is 288 g/mol. The Labute approximate surface area is 109 Å². The molecule has 1 aromatic rings. The first-order chi connectivity index (χ1) is 9.03. The molecule has 0 aromatic heterocycles. The van der Waals surface area contributed by atoms with Crippen LogP contribution in [0.2, 0.25) is 0 Å². The molecule has 3 nitrogen and oxygen atoms in total. The number of halogens is 6. The van der Waals surface area contributed by atoms with Crippen molar-refractivity contribution in [3.05, 3.63) is 34.9 Å². The largest absolute Gasteiger partial charge is 0.417 e. The van der Waals surface area contributed by atoms with Crippen LogP contribution in [0, 0.1) is 5.41 Å². The van der Waals surface area contributed by atoms with Crippen molar-refractivity contribution in [1.82, 2.24) is 0 Å². The molecule has 0 aliphatic rings. The fourth-order valence-corrected chi connectivity index (χ4v) is 1.43. The van der Waals surface area contributed by atoms with Gasteiger partial charge in [-0.05, 0) is 12.1 Å². The summed E-state index contributed by atoms with van der Waals surface area (Å²) in [5.41, 5.74) is 0.951. The van der Waals surface area contributed by atoms with Crippen LogP contribution in [0.1, 0.15) is 16.7 Å². The van der Waals surface area contributed by atoms with E-state index in [0.717, 1.165) is 0 Å². The molecule has 0 bridgehead atoms. The van der Waals surface area contributed by atoms with Crippen LogP contribution < -0.4 is 5.73 Å². The average Bonchev–Trinajstić information content (AvgIpc) is 2.25. The van der Waals surface area contributed by atoms with Crippen LogP contribution in [0.15, 0.2) is 23.2 Å². The van der Waals surface area contributed by atoms with Crippen molar-refractivity contribution in [2.24, 2.45) is 10.7 Å². The van der Waals surface area contributed by atoms with Crippen LogP contribution in [-0.2, 0) is 12.4 Å². The fourth-order valence-electron chi connectivity index (χ4n) is 1.43. The zero-order chi connectivity index (χ0) is 15.6. The summed E-state index contributed by atoms with van der Waals surface area (Å²) in [6.45, 7) is -0.483. The van der Waals surface area contributed by atoms with Crippen molar-refractivity contribution in [3.63, 3.8) is 0 Å². The average molecular weight is 297 g/mol. The van der Waals surface area contributed by atoms with Gasteiger partial charge >= 0.3 is 12.4 Å². The quantitative estimate of drug-likeness (QED) is 0.502. The van der Waals surface area contributed by atoms with Gasteiger partial charge in [0.2, 0.25) is 0 Å². The summed E-state index contributed by atoms with van der Waals surface area (Å²) in [6.07, 6.45) is -9.45. The number of nitrogens with two attached hydrogens (primary N) is 1. The minimum Gasteiger partial charge on any atom is -0.386 e. The first-order valence-corrected chi connectivity index (χ1v) is 5.13. The summed E-state index contributed by atoms with van der Waals surface area (Å²) in [7, 11) is 0. The second-order valence-corrected chi connectivity index (χ2v) is 3.76. The second kappa shape index (κ2) is 5.51. The Morgan fingerprint density at radius 2 is 1.55 bits per heavy atom. The third-order valence-electron chi connectivity index (χ3n) is 2.20. The zero-order valence-electron chi connectivity index (χ0n) is 9.81. The molecule has 1 rings (SSSR count). The molecule has 0 fully saturated rings. The predicted octanol–water partition coefficient (Wildman–Crippen LogP) is 3.08. The second-order valence-electron chi connectivity index (χ2n) is 3.76. The summed E-state index contributed by atoms with van der Waals surface area (Å²) < 4.78 is 76.2. The number of hydrogen-bond acceptors (Lipinski definition) is 2. The van der Waals surface area contributed by atoms with Crippen LogP contribution in [0.4, 0.5) is 26.3 Å². The van der Waals surface area contributed by atoms with Crippen molar-refractivity contribution in [1.29, 1.82) is 5.41 Å². The highest BCUT2D eigenvalue weighted by molar-refractivity contribution is 5.87. The van der Waals surface area contributed by atoms with Gasteiger partial charge in [-0.15, -0.1) is 0 Å². The summed E-state index contributed by atoms with van der Waals surface area (Å²) in [5, 5.41) is 6.83. The van der Waals surface area contributed by atoms with E-state index in [9.17, 15) is 26.3 Å². The molecule has 0 heterocycles. The Morgan fingerprint density at radius 3 is 1.90 bits per heavy atom. The van der Waals surface area contributed by atoms with Crippen molar-refractivity contribution in [3.8, 4) is 0 Å². The molecule has 9 heteroatoms. The van der Waals surface area contributed by atoms with Gasteiger partial charge in [-0.25, -0.2) is 0 Å². The van der Waals surface area contributed by atoms with Crippen molar-refractivity contribution in [2.45, 2.75) is 12.4 Å². The molecule has 0 aliphatic heterocycles. The van der Waals surface area contributed by atoms with Crippen molar-refractivity contribution < 1.29 is 26.3 Å². The standard InChI is InChI=1S/C11H9F6N3/c12-10(13,14)7-2-1-3-8(11(15,16)17)6(7)4-20-5-9(18)19/h1-4H,5H2,(H3,18,19). The van der Waals surface area contributed by atoms with Gasteiger partial charge in [-0.3, -0.25) is 10.4 Å². The molecule has 0 radical (unpaired) electrons. The lowest BCUT2D eigenvalue weighted by Gasteiger charge is -2.15. The minimum absolute atomic E-state index is 0.438. The van der Waals surface area contributed by atoms with E-state index in [1.807, 2.05) is 0 Å². The molecule has 0 aliphatic carbocycles. The Kier molecular flexibility index (Phi) is 4.41. The summed E-state index contributed by atoms with van der Waals surface area (Å²) >= 11 is 0. The predicted molar refractivity (Wildman–Crippen MR) is 60.8 cm³/mol. The SMILES string of the molecule is N=C(N)CN=Cc1c(C(F)(F)F)cccc1C(F)(F)F. The summed E-state index contributed by atoms with van der Waals surface area (Å²) in [4.78, 5) is 3.31. The first kappa shape index (κ1) is 16.0. The molecule has 0 saturated carbocycles. The van der Waals surface area contributed by atoms with Crippen molar-refractivity contribution in [2.75, 3.05) is 6.54 Å². The van der Waals surface area contributed by atoms with E-state index in [2.05, 4.69) is 4.99 Å². The fraction of sp³-hybridized carbons (Fsp3) is 0.273. The minimum atomic E-state index is -4.95.